The smallest absolute Gasteiger partial charge is 0.408 e. The van der Waals surface area contributed by atoms with Crippen LogP contribution in [0.3, 0.4) is 0 Å². The summed E-state index contributed by atoms with van der Waals surface area (Å²) in [7, 11) is 0. The Morgan fingerprint density at radius 2 is 1.92 bits per heavy atom. The van der Waals surface area contributed by atoms with Crippen molar-refractivity contribution in [2.24, 2.45) is 0 Å². The maximum atomic E-state index is 13.9. The van der Waals surface area contributed by atoms with Crippen LogP contribution >= 0.6 is 0 Å². The van der Waals surface area contributed by atoms with Gasteiger partial charge in [-0.2, -0.15) is 0 Å². The second-order valence-electron chi connectivity index (χ2n) is 5.66. The fraction of sp³-hybridized carbons (Fsp3) is 0.222. The molecule has 124 valence electrons. The molecule has 0 saturated carbocycles. The molecule has 0 radical (unpaired) electrons. The number of carboxylic acids is 1. The first-order valence-electron chi connectivity index (χ1n) is 7.53. The molecule has 3 rings (SSSR count). The minimum absolute atomic E-state index is 0.0262. The zero-order valence-corrected chi connectivity index (χ0v) is 12.8. The molecule has 5 nitrogen and oxygen atoms in total. The molecule has 6 heteroatoms. The van der Waals surface area contributed by atoms with Gasteiger partial charge in [-0.1, -0.05) is 42.5 Å². The summed E-state index contributed by atoms with van der Waals surface area (Å²) in [5, 5.41) is 12.1. The van der Waals surface area contributed by atoms with Crippen molar-refractivity contribution in [1.29, 1.82) is 0 Å². The second-order valence-corrected chi connectivity index (χ2v) is 5.66. The SMILES string of the molecule is O=C(NC1(C(=O)O)CCc2c(F)cccc21)OCc1ccccc1. The van der Waals surface area contributed by atoms with E-state index in [1.54, 1.807) is 12.1 Å². The van der Waals surface area contributed by atoms with E-state index in [1.165, 1.54) is 18.2 Å². The van der Waals surface area contributed by atoms with Crippen LogP contribution in [-0.2, 0) is 28.1 Å². The lowest BCUT2D eigenvalue weighted by Gasteiger charge is -2.26. The van der Waals surface area contributed by atoms with Crippen LogP contribution in [0.5, 0.6) is 0 Å². The molecule has 0 aliphatic heterocycles. The molecule has 0 aromatic heterocycles. The highest BCUT2D eigenvalue weighted by Gasteiger charge is 2.48. The molecule has 0 spiro atoms. The number of carboxylic acid groups (broad SMARTS) is 1. The predicted molar refractivity (Wildman–Crippen MR) is 83.8 cm³/mol. The Morgan fingerprint density at radius 3 is 2.62 bits per heavy atom. The molecule has 0 fully saturated rings. The monoisotopic (exact) mass is 329 g/mol. The lowest BCUT2D eigenvalue weighted by Crippen LogP contribution is -2.50. The van der Waals surface area contributed by atoms with Gasteiger partial charge in [-0.05, 0) is 35.6 Å². The van der Waals surface area contributed by atoms with Crippen LogP contribution in [0.15, 0.2) is 48.5 Å². The van der Waals surface area contributed by atoms with E-state index < -0.39 is 23.4 Å². The van der Waals surface area contributed by atoms with Gasteiger partial charge in [-0.15, -0.1) is 0 Å². The van der Waals surface area contributed by atoms with Crippen molar-refractivity contribution in [3.8, 4) is 0 Å². The second kappa shape index (κ2) is 6.31. The Hall–Kier alpha value is -2.89. The van der Waals surface area contributed by atoms with Gasteiger partial charge in [-0.3, -0.25) is 0 Å². The molecule has 1 unspecified atom stereocenters. The van der Waals surface area contributed by atoms with Crippen molar-refractivity contribution < 1.29 is 23.8 Å². The van der Waals surface area contributed by atoms with E-state index in [0.717, 1.165) is 5.56 Å². The van der Waals surface area contributed by atoms with Crippen molar-refractivity contribution in [3.63, 3.8) is 0 Å². The minimum Gasteiger partial charge on any atom is -0.479 e. The number of hydrogen-bond donors (Lipinski definition) is 2. The normalized spacial score (nSPS) is 18.7. The number of halogens is 1. The van der Waals surface area contributed by atoms with Crippen LogP contribution in [0.25, 0.3) is 0 Å². The molecular formula is C18H16FNO4. The minimum atomic E-state index is -1.66. The van der Waals surface area contributed by atoms with E-state index in [0.29, 0.717) is 5.56 Å². The first-order chi connectivity index (χ1) is 11.5. The van der Waals surface area contributed by atoms with Crippen LogP contribution in [0, 0.1) is 5.82 Å². The Morgan fingerprint density at radius 1 is 1.17 bits per heavy atom. The zero-order chi connectivity index (χ0) is 17.2. The van der Waals surface area contributed by atoms with Crippen molar-refractivity contribution in [2.75, 3.05) is 0 Å². The third-order valence-electron chi connectivity index (χ3n) is 4.22. The van der Waals surface area contributed by atoms with Crippen LogP contribution in [0.4, 0.5) is 9.18 Å². The van der Waals surface area contributed by atoms with Gasteiger partial charge in [0.2, 0.25) is 0 Å². The van der Waals surface area contributed by atoms with Crippen molar-refractivity contribution in [2.45, 2.75) is 25.0 Å². The number of alkyl carbamates (subject to hydrolysis) is 1. The zero-order valence-electron chi connectivity index (χ0n) is 12.8. The van der Waals surface area contributed by atoms with Crippen molar-refractivity contribution >= 4 is 12.1 Å². The van der Waals surface area contributed by atoms with Crippen LogP contribution in [-0.4, -0.2) is 17.2 Å². The van der Waals surface area contributed by atoms with Gasteiger partial charge in [-0.25, -0.2) is 14.0 Å². The average molecular weight is 329 g/mol. The third-order valence-corrected chi connectivity index (χ3v) is 4.22. The molecule has 24 heavy (non-hydrogen) atoms. The standard InChI is InChI=1S/C18H16FNO4/c19-15-8-4-7-14-13(15)9-10-18(14,16(21)22)20-17(23)24-11-12-5-2-1-3-6-12/h1-8H,9-11H2,(H,20,23)(H,21,22). The maximum absolute atomic E-state index is 13.9. The largest absolute Gasteiger partial charge is 0.479 e. The molecule has 1 amide bonds. The Kier molecular flexibility index (Phi) is 4.20. The number of amides is 1. The number of fused-ring (bicyclic) bond motifs is 1. The van der Waals surface area contributed by atoms with Gasteiger partial charge >= 0.3 is 12.1 Å². The molecule has 0 saturated heterocycles. The lowest BCUT2D eigenvalue weighted by molar-refractivity contribution is -0.145. The molecule has 1 aliphatic rings. The van der Waals surface area contributed by atoms with Gasteiger partial charge in [0.25, 0.3) is 0 Å². The topological polar surface area (TPSA) is 75.6 Å². The summed E-state index contributed by atoms with van der Waals surface area (Å²) in [5.41, 5.74) is -0.282. The average Bonchev–Trinajstić information content (AvgIpc) is 2.95. The van der Waals surface area contributed by atoms with Crippen molar-refractivity contribution in [1.82, 2.24) is 5.32 Å². The number of carbonyl (C=O) groups excluding carboxylic acids is 1. The molecule has 0 heterocycles. The number of carbonyl (C=O) groups is 2. The third kappa shape index (κ3) is 2.82. The molecule has 0 bridgehead atoms. The van der Waals surface area contributed by atoms with Gasteiger partial charge in [0, 0.05) is 0 Å². The van der Waals surface area contributed by atoms with Gasteiger partial charge < -0.3 is 15.2 Å². The first kappa shape index (κ1) is 16.0. The summed E-state index contributed by atoms with van der Waals surface area (Å²) in [6.07, 6.45) is -0.523. The van der Waals surface area contributed by atoms with E-state index in [2.05, 4.69) is 5.32 Å². The van der Waals surface area contributed by atoms with E-state index in [9.17, 15) is 19.1 Å². The van der Waals surface area contributed by atoms with E-state index >= 15 is 0 Å². The molecular weight excluding hydrogens is 313 g/mol. The molecule has 2 N–H and O–H groups in total. The summed E-state index contributed by atoms with van der Waals surface area (Å²) in [6.45, 7) is 0.0262. The summed E-state index contributed by atoms with van der Waals surface area (Å²) in [5.74, 6) is -1.70. The number of hydrogen-bond acceptors (Lipinski definition) is 3. The summed E-state index contributed by atoms with van der Waals surface area (Å²) in [6, 6.07) is 13.3. The molecule has 1 aliphatic carbocycles. The van der Waals surface area contributed by atoms with E-state index in [-0.39, 0.29) is 25.0 Å². The van der Waals surface area contributed by atoms with Crippen molar-refractivity contribution in [3.05, 3.63) is 71.0 Å². The maximum Gasteiger partial charge on any atom is 0.408 e. The number of benzene rings is 2. The highest BCUT2D eigenvalue weighted by Crippen LogP contribution is 2.38. The molecule has 2 aromatic rings. The van der Waals surface area contributed by atoms with Crippen LogP contribution in [0.2, 0.25) is 0 Å². The van der Waals surface area contributed by atoms with Gasteiger partial charge in [0.05, 0.1) is 0 Å². The van der Waals surface area contributed by atoms with Gasteiger partial charge in [0.15, 0.2) is 5.54 Å². The summed E-state index contributed by atoms with van der Waals surface area (Å²) >= 11 is 0. The quantitative estimate of drug-likeness (QED) is 0.904. The number of ether oxygens (including phenoxy) is 1. The molecule has 2 aromatic carbocycles. The Bertz CT molecular complexity index is 778. The van der Waals surface area contributed by atoms with Gasteiger partial charge in [0.1, 0.15) is 12.4 Å². The Balaban J connectivity index is 1.78. The molecule has 1 atom stereocenters. The summed E-state index contributed by atoms with van der Waals surface area (Å²) in [4.78, 5) is 23.9. The predicted octanol–water partition coefficient (Wildman–Crippen LogP) is 2.98. The fourth-order valence-corrected chi connectivity index (χ4v) is 3.00. The summed E-state index contributed by atoms with van der Waals surface area (Å²) < 4.78 is 19.0. The van der Waals surface area contributed by atoms with Crippen LogP contribution in [0.1, 0.15) is 23.1 Å². The number of nitrogens with one attached hydrogen (secondary N) is 1. The van der Waals surface area contributed by atoms with E-state index in [4.69, 9.17) is 4.74 Å². The highest BCUT2D eigenvalue weighted by atomic mass is 19.1. The number of aliphatic carboxylic acids is 1. The number of rotatable bonds is 4. The fourth-order valence-electron chi connectivity index (χ4n) is 3.00. The van der Waals surface area contributed by atoms with Crippen LogP contribution < -0.4 is 5.32 Å². The van der Waals surface area contributed by atoms with E-state index in [1.807, 2.05) is 18.2 Å². The highest BCUT2D eigenvalue weighted by molar-refractivity contribution is 5.87. The lowest BCUT2D eigenvalue weighted by atomic mass is 9.92. The Labute approximate surface area is 138 Å². The first-order valence-corrected chi connectivity index (χ1v) is 7.53.